The van der Waals surface area contributed by atoms with Gasteiger partial charge in [-0.1, -0.05) is 40.1 Å². The zero-order valence-electron chi connectivity index (χ0n) is 12.4. The van der Waals surface area contributed by atoms with E-state index < -0.39 is 11.6 Å². The molecule has 2 aromatic rings. The van der Waals surface area contributed by atoms with Crippen LogP contribution in [0.3, 0.4) is 0 Å². The summed E-state index contributed by atoms with van der Waals surface area (Å²) in [5.74, 6) is -0.877. The molecule has 0 aliphatic rings. The molecular weight excluding hydrogens is 289 g/mol. The monoisotopic (exact) mass is 308 g/mol. The molecular formula is C17H19F2OP. The van der Waals surface area contributed by atoms with Crippen LogP contribution in [-0.4, -0.2) is 5.11 Å². The first-order valence-electron chi connectivity index (χ1n) is 6.89. The molecule has 0 fully saturated rings. The highest BCUT2D eigenvalue weighted by molar-refractivity contribution is 7.48. The summed E-state index contributed by atoms with van der Waals surface area (Å²) in [6, 6.07) is 9.13. The molecule has 0 bridgehead atoms. The minimum atomic E-state index is -0.572. The van der Waals surface area contributed by atoms with Gasteiger partial charge in [0.05, 0.1) is 0 Å². The maximum Gasteiger partial charge on any atom is 0.133 e. The van der Waals surface area contributed by atoms with Gasteiger partial charge in [-0.15, -0.1) is 0 Å². The Balaban J connectivity index is 2.43. The Labute approximate surface area is 125 Å². The van der Waals surface area contributed by atoms with E-state index in [2.05, 4.69) is 0 Å². The first-order chi connectivity index (χ1) is 9.85. The first kappa shape index (κ1) is 15.9. The van der Waals surface area contributed by atoms with Crippen LogP contribution in [0.15, 0.2) is 36.4 Å². The number of aryl methyl sites for hydroxylation is 1. The molecule has 2 unspecified atom stereocenters. The van der Waals surface area contributed by atoms with Crippen LogP contribution in [0.5, 0.6) is 5.75 Å². The van der Waals surface area contributed by atoms with Crippen molar-refractivity contribution in [2.75, 3.05) is 0 Å². The average Bonchev–Trinajstić information content (AvgIpc) is 2.44. The standard InChI is InChI=1S/C17H19F2OP/c1-4-17(3,13-9-11(2)5-7-15(13)20)21-16-8-6-12(18)10-14(16)19/h5-10,20-21H,4H2,1-3H3. The molecule has 0 heterocycles. The lowest BCUT2D eigenvalue weighted by Gasteiger charge is -2.30. The minimum Gasteiger partial charge on any atom is -0.508 e. The Morgan fingerprint density at radius 1 is 1.14 bits per heavy atom. The number of halogens is 2. The molecule has 0 aliphatic carbocycles. The molecule has 0 spiro atoms. The molecule has 0 amide bonds. The van der Waals surface area contributed by atoms with Gasteiger partial charge in [0.1, 0.15) is 17.4 Å². The number of aromatic hydroxyl groups is 1. The van der Waals surface area contributed by atoms with Gasteiger partial charge in [0.15, 0.2) is 0 Å². The summed E-state index contributed by atoms with van der Waals surface area (Å²) in [5, 5.41) is 10.3. The molecule has 2 atom stereocenters. The summed E-state index contributed by atoms with van der Waals surface area (Å²) >= 11 is 0. The van der Waals surface area contributed by atoms with Crippen molar-refractivity contribution in [2.45, 2.75) is 32.3 Å². The molecule has 0 aromatic heterocycles. The Bertz CT molecular complexity index is 657. The summed E-state index contributed by atoms with van der Waals surface area (Å²) in [6.07, 6.45) is 0.749. The third-order valence-corrected chi connectivity index (χ3v) is 5.64. The SMILES string of the molecule is CCC(C)(Pc1ccc(F)cc1F)c1cc(C)ccc1O. The van der Waals surface area contributed by atoms with Crippen molar-refractivity contribution < 1.29 is 13.9 Å². The number of hydrogen-bond donors (Lipinski definition) is 1. The molecule has 0 radical (unpaired) electrons. The summed E-state index contributed by atoms with van der Waals surface area (Å²) in [4.78, 5) is 0. The molecule has 0 saturated heterocycles. The van der Waals surface area contributed by atoms with Crippen molar-refractivity contribution in [1.82, 2.24) is 0 Å². The lowest BCUT2D eigenvalue weighted by molar-refractivity contribution is 0.456. The van der Waals surface area contributed by atoms with E-state index in [1.807, 2.05) is 32.9 Å². The van der Waals surface area contributed by atoms with Crippen LogP contribution in [0.1, 0.15) is 31.4 Å². The van der Waals surface area contributed by atoms with Gasteiger partial charge in [-0.05, 0) is 31.5 Å². The highest BCUT2D eigenvalue weighted by atomic mass is 31.1. The number of rotatable bonds is 4. The van der Waals surface area contributed by atoms with Gasteiger partial charge in [-0.2, -0.15) is 0 Å². The minimum absolute atomic E-state index is 0.112. The number of benzene rings is 2. The average molecular weight is 308 g/mol. The normalized spacial score (nSPS) is 14.5. The second-order valence-corrected chi connectivity index (χ2v) is 7.35. The third kappa shape index (κ3) is 3.41. The van der Waals surface area contributed by atoms with Crippen LogP contribution in [0.25, 0.3) is 0 Å². The molecule has 112 valence electrons. The molecule has 2 aromatic carbocycles. The molecule has 0 saturated carbocycles. The van der Waals surface area contributed by atoms with Crippen molar-refractivity contribution in [3.63, 3.8) is 0 Å². The van der Waals surface area contributed by atoms with Gasteiger partial charge >= 0.3 is 0 Å². The van der Waals surface area contributed by atoms with Crippen LogP contribution in [0.2, 0.25) is 0 Å². The van der Waals surface area contributed by atoms with Gasteiger partial charge in [0.2, 0.25) is 0 Å². The smallest absolute Gasteiger partial charge is 0.133 e. The molecule has 2 rings (SSSR count). The number of phenols is 1. The van der Waals surface area contributed by atoms with Crippen molar-refractivity contribution >= 4 is 13.9 Å². The fourth-order valence-corrected chi connectivity index (χ4v) is 3.79. The Morgan fingerprint density at radius 3 is 2.48 bits per heavy atom. The molecule has 1 N–H and O–H groups in total. The third-order valence-electron chi connectivity index (χ3n) is 3.80. The predicted molar refractivity (Wildman–Crippen MR) is 84.8 cm³/mol. The van der Waals surface area contributed by atoms with Crippen molar-refractivity contribution in [3.8, 4) is 5.75 Å². The molecule has 4 heteroatoms. The summed E-state index contributed by atoms with van der Waals surface area (Å²) in [5.41, 5.74) is 1.86. The second-order valence-electron chi connectivity index (χ2n) is 5.46. The first-order valence-corrected chi connectivity index (χ1v) is 7.89. The summed E-state index contributed by atoms with van der Waals surface area (Å²) in [7, 11) is 0.112. The largest absolute Gasteiger partial charge is 0.508 e. The van der Waals surface area contributed by atoms with E-state index in [0.717, 1.165) is 23.6 Å². The van der Waals surface area contributed by atoms with Gasteiger partial charge in [0.25, 0.3) is 0 Å². The highest BCUT2D eigenvalue weighted by Crippen LogP contribution is 2.47. The fourth-order valence-electron chi connectivity index (χ4n) is 2.33. The van der Waals surface area contributed by atoms with Gasteiger partial charge in [-0.3, -0.25) is 0 Å². The van der Waals surface area contributed by atoms with E-state index in [0.29, 0.717) is 5.30 Å². The quantitative estimate of drug-likeness (QED) is 0.818. The van der Waals surface area contributed by atoms with Gasteiger partial charge in [0, 0.05) is 22.1 Å². The van der Waals surface area contributed by atoms with E-state index in [9.17, 15) is 13.9 Å². The maximum absolute atomic E-state index is 13.9. The van der Waals surface area contributed by atoms with E-state index in [1.165, 1.54) is 12.1 Å². The van der Waals surface area contributed by atoms with Crippen molar-refractivity contribution in [2.24, 2.45) is 0 Å². The van der Waals surface area contributed by atoms with Gasteiger partial charge in [-0.25, -0.2) is 8.78 Å². The van der Waals surface area contributed by atoms with Crippen LogP contribution in [0.4, 0.5) is 8.78 Å². The number of hydrogen-bond acceptors (Lipinski definition) is 1. The van der Waals surface area contributed by atoms with Crippen LogP contribution in [-0.2, 0) is 5.16 Å². The van der Waals surface area contributed by atoms with Crippen LogP contribution in [0, 0.1) is 18.6 Å². The summed E-state index contributed by atoms with van der Waals surface area (Å²) < 4.78 is 26.9. The Kier molecular flexibility index (Phi) is 4.63. The second kappa shape index (κ2) is 6.11. The lowest BCUT2D eigenvalue weighted by atomic mass is 9.95. The van der Waals surface area contributed by atoms with E-state index in [1.54, 1.807) is 6.07 Å². The van der Waals surface area contributed by atoms with Gasteiger partial charge < -0.3 is 5.11 Å². The Morgan fingerprint density at radius 2 is 1.86 bits per heavy atom. The van der Waals surface area contributed by atoms with Crippen molar-refractivity contribution in [1.29, 1.82) is 0 Å². The van der Waals surface area contributed by atoms with Crippen LogP contribution >= 0.6 is 8.58 Å². The fraction of sp³-hybridized carbons (Fsp3) is 0.294. The zero-order valence-corrected chi connectivity index (χ0v) is 13.4. The van der Waals surface area contributed by atoms with E-state index in [-0.39, 0.29) is 19.5 Å². The molecule has 21 heavy (non-hydrogen) atoms. The lowest BCUT2D eigenvalue weighted by Crippen LogP contribution is -2.20. The predicted octanol–water partition coefficient (Wildman–Crippen LogP) is 4.61. The van der Waals surface area contributed by atoms with Crippen LogP contribution < -0.4 is 5.30 Å². The maximum atomic E-state index is 13.9. The zero-order chi connectivity index (χ0) is 15.6. The summed E-state index contributed by atoms with van der Waals surface area (Å²) in [6.45, 7) is 5.97. The van der Waals surface area contributed by atoms with Crippen molar-refractivity contribution in [3.05, 3.63) is 59.2 Å². The molecule has 0 aliphatic heterocycles. The highest BCUT2D eigenvalue weighted by Gasteiger charge is 2.29. The Hall–Kier alpha value is -1.47. The van der Waals surface area contributed by atoms with E-state index >= 15 is 0 Å². The van der Waals surface area contributed by atoms with E-state index in [4.69, 9.17) is 0 Å². The molecule has 1 nitrogen and oxygen atoms in total. The topological polar surface area (TPSA) is 20.2 Å². The number of phenolic OH excluding ortho intramolecular Hbond substituents is 1.